The van der Waals surface area contributed by atoms with Crippen molar-refractivity contribution in [1.29, 1.82) is 0 Å². The van der Waals surface area contributed by atoms with Crippen molar-refractivity contribution in [2.24, 2.45) is 0 Å². The van der Waals surface area contributed by atoms with Crippen LogP contribution in [0.2, 0.25) is 5.28 Å². The summed E-state index contributed by atoms with van der Waals surface area (Å²) in [7, 11) is 0. The Labute approximate surface area is 121 Å². The molecule has 1 aliphatic rings. The number of rotatable bonds is 1. The summed E-state index contributed by atoms with van der Waals surface area (Å²) in [6.45, 7) is 6.34. The minimum absolute atomic E-state index is 0.0249. The van der Waals surface area contributed by atoms with Crippen molar-refractivity contribution in [1.82, 2.24) is 9.97 Å². The molecule has 0 fully saturated rings. The van der Waals surface area contributed by atoms with Gasteiger partial charge in [-0.2, -0.15) is 4.98 Å². The van der Waals surface area contributed by atoms with Gasteiger partial charge in [-0.3, -0.25) is 0 Å². The number of carbonyl (C=O) groups is 1. The average molecular weight is 302 g/mol. The highest BCUT2D eigenvalue weighted by Crippen LogP contribution is 2.41. The molecule has 1 amide bonds. The molecular formula is C12H16ClN3O4. The van der Waals surface area contributed by atoms with E-state index in [4.69, 9.17) is 21.1 Å². The normalized spacial score (nSPS) is 21.4. The van der Waals surface area contributed by atoms with E-state index in [2.05, 4.69) is 9.97 Å². The van der Waals surface area contributed by atoms with Crippen LogP contribution in [0.5, 0.6) is 5.75 Å². The van der Waals surface area contributed by atoms with Crippen LogP contribution < -0.4 is 9.64 Å². The standard InChI is InChI=1S/C12H16ClN3O4/c1-11(2,3)20-10(18)16-8-7(5-14-9(13)15-8)19-12(16,4)6-17/h5,17H,6H2,1-4H3. The molecule has 0 aromatic carbocycles. The Morgan fingerprint density at radius 2 is 2.25 bits per heavy atom. The van der Waals surface area contributed by atoms with E-state index in [0.717, 1.165) is 4.90 Å². The lowest BCUT2D eigenvalue weighted by Crippen LogP contribution is -2.54. The average Bonchev–Trinajstić information content (AvgIpc) is 2.59. The molecule has 20 heavy (non-hydrogen) atoms. The molecule has 8 heteroatoms. The number of nitrogens with zero attached hydrogens (tertiary/aromatic N) is 3. The molecule has 0 saturated heterocycles. The van der Waals surface area contributed by atoms with Gasteiger partial charge in [-0.1, -0.05) is 0 Å². The van der Waals surface area contributed by atoms with Crippen LogP contribution in [-0.4, -0.2) is 39.1 Å². The maximum atomic E-state index is 12.3. The summed E-state index contributed by atoms with van der Waals surface area (Å²) in [6.07, 6.45) is 0.672. The summed E-state index contributed by atoms with van der Waals surface area (Å²) in [5.74, 6) is 0.438. The number of aliphatic hydroxyl groups excluding tert-OH is 1. The minimum Gasteiger partial charge on any atom is -0.460 e. The Morgan fingerprint density at radius 1 is 1.60 bits per heavy atom. The van der Waals surface area contributed by atoms with Gasteiger partial charge in [0.15, 0.2) is 11.6 Å². The van der Waals surface area contributed by atoms with E-state index in [1.807, 2.05) is 0 Å². The van der Waals surface area contributed by atoms with Crippen molar-refractivity contribution in [2.75, 3.05) is 11.5 Å². The van der Waals surface area contributed by atoms with Crippen molar-refractivity contribution in [3.63, 3.8) is 0 Å². The third-order valence-electron chi connectivity index (χ3n) is 2.59. The van der Waals surface area contributed by atoms with E-state index in [-0.39, 0.29) is 16.9 Å². The molecule has 0 spiro atoms. The van der Waals surface area contributed by atoms with E-state index in [0.29, 0.717) is 0 Å². The van der Waals surface area contributed by atoms with Crippen molar-refractivity contribution in [3.8, 4) is 5.75 Å². The van der Waals surface area contributed by atoms with Crippen LogP contribution in [0.25, 0.3) is 0 Å². The van der Waals surface area contributed by atoms with Crippen molar-refractivity contribution in [3.05, 3.63) is 11.5 Å². The molecule has 1 aromatic rings. The summed E-state index contributed by atoms with van der Waals surface area (Å²) < 4.78 is 10.8. The van der Waals surface area contributed by atoms with Gasteiger partial charge in [-0.05, 0) is 39.3 Å². The lowest BCUT2D eigenvalue weighted by molar-refractivity contribution is 0.0161. The van der Waals surface area contributed by atoms with Gasteiger partial charge in [-0.25, -0.2) is 14.7 Å². The number of amides is 1. The van der Waals surface area contributed by atoms with Gasteiger partial charge in [0.1, 0.15) is 12.2 Å². The Bertz CT molecular complexity index is 546. The van der Waals surface area contributed by atoms with Gasteiger partial charge in [0.25, 0.3) is 0 Å². The van der Waals surface area contributed by atoms with Crippen LogP contribution in [0.4, 0.5) is 10.6 Å². The molecule has 1 aromatic heterocycles. The molecule has 1 unspecified atom stereocenters. The van der Waals surface area contributed by atoms with Crippen LogP contribution >= 0.6 is 11.6 Å². The molecule has 0 saturated carbocycles. The second kappa shape index (κ2) is 4.75. The number of halogens is 1. The van der Waals surface area contributed by atoms with Crippen molar-refractivity contribution in [2.45, 2.75) is 39.0 Å². The Hall–Kier alpha value is -1.60. The number of carbonyl (C=O) groups excluding carboxylic acids is 1. The lowest BCUT2D eigenvalue weighted by atomic mass is 10.2. The second-order valence-electron chi connectivity index (χ2n) is 5.58. The molecular weight excluding hydrogens is 286 g/mol. The number of anilines is 1. The molecule has 2 heterocycles. The number of hydrogen-bond acceptors (Lipinski definition) is 6. The van der Waals surface area contributed by atoms with Gasteiger partial charge < -0.3 is 14.6 Å². The van der Waals surface area contributed by atoms with Crippen LogP contribution in [0.3, 0.4) is 0 Å². The Kier molecular flexibility index (Phi) is 3.51. The van der Waals surface area contributed by atoms with Gasteiger partial charge in [0.2, 0.25) is 11.0 Å². The first-order valence-electron chi connectivity index (χ1n) is 6.02. The Morgan fingerprint density at radius 3 is 2.80 bits per heavy atom. The highest BCUT2D eigenvalue weighted by molar-refractivity contribution is 6.28. The van der Waals surface area contributed by atoms with E-state index in [9.17, 15) is 9.90 Å². The molecule has 110 valence electrons. The summed E-state index contributed by atoms with van der Waals surface area (Å²) in [5.41, 5.74) is -1.99. The third-order valence-corrected chi connectivity index (χ3v) is 2.77. The topological polar surface area (TPSA) is 84.8 Å². The molecule has 7 nitrogen and oxygen atoms in total. The predicted molar refractivity (Wildman–Crippen MR) is 71.9 cm³/mol. The van der Waals surface area contributed by atoms with E-state index >= 15 is 0 Å². The van der Waals surface area contributed by atoms with Crippen LogP contribution in [0.1, 0.15) is 27.7 Å². The number of aliphatic hydroxyl groups is 1. The zero-order valence-electron chi connectivity index (χ0n) is 11.7. The zero-order chi connectivity index (χ0) is 15.1. The molecule has 1 N–H and O–H groups in total. The van der Waals surface area contributed by atoms with Gasteiger partial charge >= 0.3 is 6.09 Å². The first-order chi connectivity index (χ1) is 9.16. The van der Waals surface area contributed by atoms with E-state index in [1.54, 1.807) is 27.7 Å². The minimum atomic E-state index is -1.30. The quantitative estimate of drug-likeness (QED) is 0.798. The number of hydrogen-bond donors (Lipinski definition) is 1. The summed E-state index contributed by atoms with van der Waals surface area (Å²) >= 11 is 5.74. The molecule has 0 radical (unpaired) electrons. The largest absolute Gasteiger partial charge is 0.460 e. The molecule has 0 bridgehead atoms. The first-order valence-corrected chi connectivity index (χ1v) is 6.40. The number of aromatic nitrogens is 2. The van der Waals surface area contributed by atoms with Crippen molar-refractivity contribution >= 4 is 23.5 Å². The van der Waals surface area contributed by atoms with Gasteiger partial charge in [0, 0.05) is 0 Å². The van der Waals surface area contributed by atoms with Gasteiger partial charge in [-0.15, -0.1) is 0 Å². The van der Waals surface area contributed by atoms with Crippen LogP contribution in [0.15, 0.2) is 6.20 Å². The van der Waals surface area contributed by atoms with Crippen LogP contribution in [-0.2, 0) is 4.74 Å². The molecule has 2 rings (SSSR count). The first kappa shape index (κ1) is 14.8. The fraction of sp³-hybridized carbons (Fsp3) is 0.583. The highest BCUT2D eigenvalue weighted by Gasteiger charge is 2.48. The Balaban J connectivity index is 2.42. The highest BCUT2D eigenvalue weighted by atomic mass is 35.5. The maximum Gasteiger partial charge on any atom is 0.419 e. The van der Waals surface area contributed by atoms with E-state index < -0.39 is 24.0 Å². The maximum absolute atomic E-state index is 12.3. The fourth-order valence-corrected chi connectivity index (χ4v) is 1.90. The molecule has 0 aliphatic carbocycles. The smallest absolute Gasteiger partial charge is 0.419 e. The predicted octanol–water partition coefficient (Wildman–Crippen LogP) is 1.97. The molecule has 1 aliphatic heterocycles. The fourth-order valence-electron chi connectivity index (χ4n) is 1.77. The monoisotopic (exact) mass is 301 g/mol. The summed E-state index contributed by atoms with van der Waals surface area (Å²) in [5, 5.41) is 9.50. The third kappa shape index (κ3) is 2.64. The SMILES string of the molecule is CC(C)(C)OC(=O)N1c2nc(Cl)ncc2OC1(C)CO. The number of fused-ring (bicyclic) bond motifs is 1. The number of ether oxygens (including phenoxy) is 2. The molecule has 1 atom stereocenters. The van der Waals surface area contributed by atoms with Gasteiger partial charge in [0.05, 0.1) is 6.20 Å². The lowest BCUT2D eigenvalue weighted by Gasteiger charge is -2.32. The zero-order valence-corrected chi connectivity index (χ0v) is 12.4. The summed E-state index contributed by atoms with van der Waals surface area (Å²) in [4.78, 5) is 21.2. The summed E-state index contributed by atoms with van der Waals surface area (Å²) in [6, 6.07) is 0. The van der Waals surface area contributed by atoms with Crippen molar-refractivity contribution < 1.29 is 19.4 Å². The second-order valence-corrected chi connectivity index (χ2v) is 5.92. The van der Waals surface area contributed by atoms with Crippen LogP contribution in [0, 0.1) is 0 Å². The van der Waals surface area contributed by atoms with E-state index in [1.165, 1.54) is 6.20 Å².